The molecule has 1 saturated heterocycles. The van der Waals surface area contributed by atoms with Crippen molar-refractivity contribution in [2.75, 3.05) is 13.7 Å². The van der Waals surface area contributed by atoms with E-state index in [2.05, 4.69) is 10.2 Å². The molecule has 6 nitrogen and oxygen atoms in total. The van der Waals surface area contributed by atoms with Crippen LogP contribution >= 0.6 is 12.2 Å². The van der Waals surface area contributed by atoms with Crippen LogP contribution in [0.1, 0.15) is 18.7 Å². The topological polar surface area (TPSA) is 61.3 Å². The summed E-state index contributed by atoms with van der Waals surface area (Å²) < 4.78 is 19.2. The Kier molecular flexibility index (Phi) is 4.74. The van der Waals surface area contributed by atoms with E-state index in [1.807, 2.05) is 28.8 Å². The molecule has 0 aliphatic carbocycles. The Morgan fingerprint density at radius 3 is 3.09 bits per heavy atom. The first-order valence-corrected chi connectivity index (χ1v) is 7.69. The molecular weight excluding hydrogens is 302 g/mol. The average Bonchev–Trinajstić information content (AvgIpc) is 3.17. The molecule has 1 aromatic heterocycles. The quantitative estimate of drug-likeness (QED) is 0.829. The van der Waals surface area contributed by atoms with E-state index in [1.54, 1.807) is 7.11 Å². The standard InChI is InChI=1S/C15H19N3O3S/c1-19-11-4-2-5-12(8-11)21-10-14-16-17-15(22)18(14)9-13-6-3-7-20-13/h2,4-5,8,13H,3,6-7,9-10H2,1H3,(H,17,22)/t13-/m1/s1. The Morgan fingerprint density at radius 2 is 2.32 bits per heavy atom. The van der Waals surface area contributed by atoms with Crippen molar-refractivity contribution in [3.63, 3.8) is 0 Å². The van der Waals surface area contributed by atoms with Crippen LogP contribution in [0.3, 0.4) is 0 Å². The van der Waals surface area contributed by atoms with E-state index in [1.165, 1.54) is 0 Å². The van der Waals surface area contributed by atoms with Gasteiger partial charge in [0.15, 0.2) is 10.6 Å². The third-order valence-electron chi connectivity index (χ3n) is 3.66. The van der Waals surface area contributed by atoms with Crippen molar-refractivity contribution < 1.29 is 14.2 Å². The summed E-state index contributed by atoms with van der Waals surface area (Å²) in [5.74, 6) is 2.26. The molecule has 7 heteroatoms. The Labute approximate surface area is 134 Å². The zero-order chi connectivity index (χ0) is 15.4. The molecule has 0 spiro atoms. The minimum atomic E-state index is 0.208. The summed E-state index contributed by atoms with van der Waals surface area (Å²) in [6, 6.07) is 7.48. The highest BCUT2D eigenvalue weighted by Crippen LogP contribution is 2.20. The molecule has 1 aliphatic rings. The van der Waals surface area contributed by atoms with Crippen LogP contribution in [0.2, 0.25) is 0 Å². The number of aromatic nitrogens is 3. The molecule has 3 rings (SSSR count). The lowest BCUT2D eigenvalue weighted by atomic mass is 10.2. The predicted molar refractivity (Wildman–Crippen MR) is 83.7 cm³/mol. The normalized spacial score (nSPS) is 17.6. The van der Waals surface area contributed by atoms with E-state index >= 15 is 0 Å². The second-order valence-corrected chi connectivity index (χ2v) is 5.54. The van der Waals surface area contributed by atoms with Gasteiger partial charge in [0.25, 0.3) is 0 Å². The summed E-state index contributed by atoms with van der Waals surface area (Å²) in [5, 5.41) is 7.07. The van der Waals surface area contributed by atoms with Crippen LogP contribution in [0.15, 0.2) is 24.3 Å². The Hall–Kier alpha value is -1.86. The summed E-state index contributed by atoms with van der Waals surface area (Å²) in [6.45, 7) is 1.88. The molecule has 118 valence electrons. The lowest BCUT2D eigenvalue weighted by Crippen LogP contribution is -2.18. The van der Waals surface area contributed by atoms with Crippen molar-refractivity contribution in [1.82, 2.24) is 14.8 Å². The molecule has 1 N–H and O–H groups in total. The minimum absolute atomic E-state index is 0.208. The van der Waals surface area contributed by atoms with Crippen LogP contribution in [0.5, 0.6) is 11.5 Å². The summed E-state index contributed by atoms with van der Waals surface area (Å²) >= 11 is 5.29. The van der Waals surface area contributed by atoms with Gasteiger partial charge in [-0.3, -0.25) is 9.67 Å². The molecule has 0 saturated carbocycles. The number of rotatable bonds is 6. The molecule has 1 atom stereocenters. The number of hydrogen-bond donors (Lipinski definition) is 1. The molecule has 0 amide bonds. The van der Waals surface area contributed by atoms with E-state index in [0.29, 0.717) is 17.9 Å². The van der Waals surface area contributed by atoms with Crippen molar-refractivity contribution in [2.24, 2.45) is 0 Å². The zero-order valence-electron chi connectivity index (χ0n) is 12.4. The number of nitrogens with one attached hydrogen (secondary N) is 1. The first-order valence-electron chi connectivity index (χ1n) is 7.29. The van der Waals surface area contributed by atoms with Crippen LogP contribution in [-0.4, -0.2) is 34.6 Å². The number of aromatic amines is 1. The maximum Gasteiger partial charge on any atom is 0.195 e. The zero-order valence-corrected chi connectivity index (χ0v) is 13.3. The number of methoxy groups -OCH3 is 1. The second kappa shape index (κ2) is 6.93. The van der Waals surface area contributed by atoms with Gasteiger partial charge in [-0.1, -0.05) is 6.07 Å². The van der Waals surface area contributed by atoms with Gasteiger partial charge in [-0.2, -0.15) is 5.10 Å². The third-order valence-corrected chi connectivity index (χ3v) is 3.97. The third kappa shape index (κ3) is 3.48. The Balaban J connectivity index is 1.68. The maximum atomic E-state index is 5.78. The molecule has 2 aromatic rings. The summed E-state index contributed by atoms with van der Waals surface area (Å²) in [4.78, 5) is 0. The number of H-pyrrole nitrogens is 1. The van der Waals surface area contributed by atoms with Crippen LogP contribution in [-0.2, 0) is 17.9 Å². The number of benzene rings is 1. The maximum absolute atomic E-state index is 5.78. The lowest BCUT2D eigenvalue weighted by molar-refractivity contribution is 0.0949. The van der Waals surface area contributed by atoms with Crippen LogP contribution < -0.4 is 9.47 Å². The van der Waals surface area contributed by atoms with Crippen molar-refractivity contribution in [3.05, 3.63) is 34.9 Å². The van der Waals surface area contributed by atoms with Gasteiger partial charge in [-0.05, 0) is 37.2 Å². The molecule has 1 aliphatic heterocycles. The van der Waals surface area contributed by atoms with E-state index in [4.69, 9.17) is 26.4 Å². The fourth-order valence-corrected chi connectivity index (χ4v) is 2.71. The van der Waals surface area contributed by atoms with Crippen molar-refractivity contribution in [1.29, 1.82) is 0 Å². The first-order chi connectivity index (χ1) is 10.8. The van der Waals surface area contributed by atoms with Gasteiger partial charge in [-0.25, -0.2) is 0 Å². The molecule has 1 aromatic carbocycles. The minimum Gasteiger partial charge on any atom is -0.497 e. The van der Waals surface area contributed by atoms with Crippen molar-refractivity contribution in [2.45, 2.75) is 32.1 Å². The van der Waals surface area contributed by atoms with Gasteiger partial charge in [0.05, 0.1) is 19.8 Å². The largest absolute Gasteiger partial charge is 0.497 e. The fourth-order valence-electron chi connectivity index (χ4n) is 2.48. The number of hydrogen-bond acceptors (Lipinski definition) is 5. The van der Waals surface area contributed by atoms with Gasteiger partial charge in [0.2, 0.25) is 0 Å². The predicted octanol–water partition coefficient (Wildman–Crippen LogP) is 2.71. The second-order valence-electron chi connectivity index (χ2n) is 5.16. The van der Waals surface area contributed by atoms with E-state index in [0.717, 1.165) is 36.8 Å². The molecule has 0 unspecified atom stereocenters. The Bertz CT molecular complexity index is 677. The van der Waals surface area contributed by atoms with Gasteiger partial charge in [-0.15, -0.1) is 0 Å². The highest BCUT2D eigenvalue weighted by Gasteiger charge is 2.18. The molecule has 22 heavy (non-hydrogen) atoms. The van der Waals surface area contributed by atoms with Gasteiger partial charge < -0.3 is 14.2 Å². The molecule has 0 radical (unpaired) electrons. The first kappa shape index (κ1) is 15.1. The molecular formula is C15H19N3O3S. The van der Waals surface area contributed by atoms with Crippen LogP contribution in [0.4, 0.5) is 0 Å². The smallest absolute Gasteiger partial charge is 0.195 e. The highest BCUT2D eigenvalue weighted by molar-refractivity contribution is 7.71. The fraction of sp³-hybridized carbons (Fsp3) is 0.467. The Morgan fingerprint density at radius 1 is 1.45 bits per heavy atom. The van der Waals surface area contributed by atoms with E-state index < -0.39 is 0 Å². The molecule has 1 fully saturated rings. The van der Waals surface area contributed by atoms with E-state index in [9.17, 15) is 0 Å². The number of nitrogens with zero attached hydrogens (tertiary/aromatic N) is 2. The summed E-state index contributed by atoms with van der Waals surface area (Å²) in [7, 11) is 1.63. The summed E-state index contributed by atoms with van der Waals surface area (Å²) in [6.07, 6.45) is 2.37. The SMILES string of the molecule is COc1cccc(OCc2n[nH]c(=S)n2C[C@H]2CCCO2)c1. The van der Waals surface area contributed by atoms with Crippen LogP contribution in [0, 0.1) is 4.77 Å². The number of ether oxygens (including phenoxy) is 3. The van der Waals surface area contributed by atoms with Gasteiger partial charge >= 0.3 is 0 Å². The highest BCUT2D eigenvalue weighted by atomic mass is 32.1. The van der Waals surface area contributed by atoms with Gasteiger partial charge in [0, 0.05) is 12.7 Å². The van der Waals surface area contributed by atoms with Crippen LogP contribution in [0.25, 0.3) is 0 Å². The lowest BCUT2D eigenvalue weighted by Gasteiger charge is -2.13. The van der Waals surface area contributed by atoms with Crippen molar-refractivity contribution >= 4 is 12.2 Å². The molecule has 0 bridgehead atoms. The molecule has 2 heterocycles. The average molecular weight is 321 g/mol. The van der Waals surface area contributed by atoms with Crippen molar-refractivity contribution in [3.8, 4) is 11.5 Å². The monoisotopic (exact) mass is 321 g/mol. The van der Waals surface area contributed by atoms with Gasteiger partial charge in [0.1, 0.15) is 18.1 Å². The van der Waals surface area contributed by atoms with E-state index in [-0.39, 0.29) is 6.10 Å². The summed E-state index contributed by atoms with van der Waals surface area (Å²) in [5.41, 5.74) is 0.